The number of hydrogen-bond acceptors (Lipinski definition) is 5. The van der Waals surface area contributed by atoms with Gasteiger partial charge < -0.3 is 14.6 Å². The zero-order valence-electron chi connectivity index (χ0n) is 15.8. The van der Waals surface area contributed by atoms with Crippen LogP contribution in [0.3, 0.4) is 0 Å². The van der Waals surface area contributed by atoms with Gasteiger partial charge in [0.15, 0.2) is 5.78 Å². The van der Waals surface area contributed by atoms with Crippen molar-refractivity contribution in [2.24, 2.45) is 5.92 Å². The molecule has 1 fully saturated rings. The Morgan fingerprint density at radius 2 is 2.00 bits per heavy atom. The SMILES string of the molecule is COc1cccc(C(=O)[C@@H]2CCCN(Cc3cccc(OCCO)c3)C2)c1. The van der Waals surface area contributed by atoms with Crippen molar-refractivity contribution >= 4 is 5.78 Å². The summed E-state index contributed by atoms with van der Waals surface area (Å²) in [5, 5.41) is 8.89. The first-order valence-corrected chi connectivity index (χ1v) is 9.43. The number of aliphatic hydroxyl groups excluding tert-OH is 1. The van der Waals surface area contributed by atoms with Gasteiger partial charge >= 0.3 is 0 Å². The van der Waals surface area contributed by atoms with Crippen LogP contribution in [0.4, 0.5) is 0 Å². The molecule has 2 aromatic rings. The molecule has 0 aromatic heterocycles. The first-order chi connectivity index (χ1) is 13.2. The standard InChI is InChI=1S/C22H27NO4/c1-26-20-8-3-6-18(14-20)22(25)19-7-4-10-23(16-19)15-17-5-2-9-21(13-17)27-12-11-24/h2-3,5-6,8-9,13-14,19,24H,4,7,10-12,15-16H2,1H3/t19-/m1/s1. The highest BCUT2D eigenvalue weighted by Crippen LogP contribution is 2.24. The number of carbonyl (C=O) groups is 1. The zero-order chi connectivity index (χ0) is 19.1. The Bertz CT molecular complexity index is 761. The second kappa shape index (κ2) is 9.53. The lowest BCUT2D eigenvalue weighted by Crippen LogP contribution is -2.38. The highest BCUT2D eigenvalue weighted by molar-refractivity contribution is 5.98. The lowest BCUT2D eigenvalue weighted by molar-refractivity contribution is 0.0811. The van der Waals surface area contributed by atoms with Gasteiger partial charge in [-0.25, -0.2) is 0 Å². The topological polar surface area (TPSA) is 59.0 Å². The Balaban J connectivity index is 1.63. The van der Waals surface area contributed by atoms with E-state index in [9.17, 15) is 4.79 Å². The number of ether oxygens (including phenoxy) is 2. The monoisotopic (exact) mass is 369 g/mol. The Morgan fingerprint density at radius 1 is 1.19 bits per heavy atom. The van der Waals surface area contributed by atoms with Crippen molar-refractivity contribution < 1.29 is 19.4 Å². The molecule has 5 nitrogen and oxygen atoms in total. The smallest absolute Gasteiger partial charge is 0.167 e. The molecule has 0 saturated carbocycles. The van der Waals surface area contributed by atoms with Crippen LogP contribution in [0.1, 0.15) is 28.8 Å². The van der Waals surface area contributed by atoms with E-state index in [1.807, 2.05) is 42.5 Å². The van der Waals surface area contributed by atoms with Crippen molar-refractivity contribution in [2.45, 2.75) is 19.4 Å². The van der Waals surface area contributed by atoms with Crippen molar-refractivity contribution in [3.63, 3.8) is 0 Å². The summed E-state index contributed by atoms with van der Waals surface area (Å²) >= 11 is 0. The molecule has 0 aliphatic carbocycles. The highest BCUT2D eigenvalue weighted by Gasteiger charge is 2.26. The molecular formula is C22H27NO4. The third-order valence-corrected chi connectivity index (χ3v) is 4.90. The van der Waals surface area contributed by atoms with Crippen LogP contribution >= 0.6 is 0 Å². The Kier molecular flexibility index (Phi) is 6.85. The normalized spacial score (nSPS) is 17.5. The molecule has 0 amide bonds. The molecule has 1 heterocycles. The average Bonchev–Trinajstić information content (AvgIpc) is 2.72. The van der Waals surface area contributed by atoms with E-state index < -0.39 is 0 Å². The number of likely N-dealkylation sites (tertiary alicyclic amines) is 1. The molecule has 0 spiro atoms. The van der Waals surface area contributed by atoms with Gasteiger partial charge in [-0.05, 0) is 49.2 Å². The molecule has 1 atom stereocenters. The van der Waals surface area contributed by atoms with E-state index in [4.69, 9.17) is 14.6 Å². The summed E-state index contributed by atoms with van der Waals surface area (Å²) in [5.74, 6) is 1.69. The minimum atomic E-state index is 0.00438. The highest BCUT2D eigenvalue weighted by atomic mass is 16.5. The lowest BCUT2D eigenvalue weighted by Gasteiger charge is -2.32. The number of hydrogen-bond donors (Lipinski definition) is 1. The van der Waals surface area contributed by atoms with E-state index in [1.54, 1.807) is 7.11 Å². The van der Waals surface area contributed by atoms with Crippen molar-refractivity contribution in [3.05, 3.63) is 59.7 Å². The van der Waals surface area contributed by atoms with E-state index in [-0.39, 0.29) is 18.3 Å². The summed E-state index contributed by atoms with van der Waals surface area (Å²) in [6, 6.07) is 15.3. The van der Waals surface area contributed by atoms with E-state index in [0.29, 0.717) is 12.4 Å². The number of nitrogens with zero attached hydrogens (tertiary/aromatic N) is 1. The largest absolute Gasteiger partial charge is 0.497 e. The summed E-state index contributed by atoms with van der Waals surface area (Å²) in [6.45, 7) is 2.84. The average molecular weight is 369 g/mol. The third-order valence-electron chi connectivity index (χ3n) is 4.90. The molecule has 1 N–H and O–H groups in total. The van der Waals surface area contributed by atoms with Crippen LogP contribution in [0, 0.1) is 5.92 Å². The van der Waals surface area contributed by atoms with Crippen LogP contribution in [0.25, 0.3) is 0 Å². The maximum Gasteiger partial charge on any atom is 0.167 e. The summed E-state index contributed by atoms with van der Waals surface area (Å²) in [4.78, 5) is 15.2. The Morgan fingerprint density at radius 3 is 2.81 bits per heavy atom. The lowest BCUT2D eigenvalue weighted by atomic mass is 9.89. The molecule has 2 aromatic carbocycles. The number of rotatable bonds is 8. The second-order valence-corrected chi connectivity index (χ2v) is 6.89. The molecule has 1 saturated heterocycles. The van der Waals surface area contributed by atoms with Gasteiger partial charge in [0, 0.05) is 24.6 Å². The summed E-state index contributed by atoms with van der Waals surface area (Å²) in [5.41, 5.74) is 1.88. The van der Waals surface area contributed by atoms with Crippen LogP contribution in [0.2, 0.25) is 0 Å². The molecule has 1 aliphatic rings. The van der Waals surface area contributed by atoms with Crippen LogP contribution in [0.15, 0.2) is 48.5 Å². The molecule has 0 bridgehead atoms. The number of aliphatic hydroxyl groups is 1. The van der Waals surface area contributed by atoms with Gasteiger partial charge in [-0.3, -0.25) is 9.69 Å². The summed E-state index contributed by atoms with van der Waals surface area (Å²) in [6.07, 6.45) is 1.94. The number of ketones is 1. The zero-order valence-corrected chi connectivity index (χ0v) is 15.8. The fraction of sp³-hybridized carbons (Fsp3) is 0.409. The number of methoxy groups -OCH3 is 1. The predicted molar refractivity (Wildman–Crippen MR) is 104 cm³/mol. The number of benzene rings is 2. The van der Waals surface area contributed by atoms with E-state index >= 15 is 0 Å². The van der Waals surface area contributed by atoms with E-state index in [1.165, 1.54) is 0 Å². The maximum atomic E-state index is 12.9. The number of Topliss-reactive ketones (excluding diaryl/α,β-unsaturated/α-hetero) is 1. The maximum absolute atomic E-state index is 12.9. The fourth-order valence-corrected chi connectivity index (χ4v) is 3.58. The molecule has 5 heteroatoms. The molecule has 0 unspecified atom stereocenters. The Hall–Kier alpha value is -2.37. The molecule has 0 radical (unpaired) electrons. The third kappa shape index (κ3) is 5.31. The molecule has 27 heavy (non-hydrogen) atoms. The predicted octanol–water partition coefficient (Wildman–Crippen LogP) is 3.16. The summed E-state index contributed by atoms with van der Waals surface area (Å²) in [7, 11) is 1.62. The second-order valence-electron chi connectivity index (χ2n) is 6.89. The van der Waals surface area contributed by atoms with Crippen LogP contribution in [-0.2, 0) is 6.54 Å². The van der Waals surface area contributed by atoms with E-state index in [2.05, 4.69) is 11.0 Å². The Labute approximate surface area is 160 Å². The van der Waals surface area contributed by atoms with Crippen LogP contribution in [-0.4, -0.2) is 49.2 Å². The minimum Gasteiger partial charge on any atom is -0.497 e. The fourth-order valence-electron chi connectivity index (χ4n) is 3.58. The van der Waals surface area contributed by atoms with Gasteiger partial charge in [0.25, 0.3) is 0 Å². The van der Waals surface area contributed by atoms with Crippen molar-refractivity contribution in [3.8, 4) is 11.5 Å². The van der Waals surface area contributed by atoms with Gasteiger partial charge in [0.05, 0.1) is 13.7 Å². The van der Waals surface area contributed by atoms with Gasteiger partial charge in [0.1, 0.15) is 18.1 Å². The van der Waals surface area contributed by atoms with Crippen LogP contribution in [0.5, 0.6) is 11.5 Å². The first kappa shape index (κ1) is 19.4. The van der Waals surface area contributed by atoms with Gasteiger partial charge in [-0.15, -0.1) is 0 Å². The number of piperidine rings is 1. The molecular weight excluding hydrogens is 342 g/mol. The van der Waals surface area contributed by atoms with Crippen molar-refractivity contribution in [1.82, 2.24) is 4.90 Å². The van der Waals surface area contributed by atoms with Crippen molar-refractivity contribution in [2.75, 3.05) is 33.4 Å². The van der Waals surface area contributed by atoms with Gasteiger partial charge in [-0.2, -0.15) is 0 Å². The molecule has 3 rings (SSSR count). The van der Waals surface area contributed by atoms with E-state index in [0.717, 1.165) is 49.4 Å². The first-order valence-electron chi connectivity index (χ1n) is 9.43. The minimum absolute atomic E-state index is 0.00438. The molecule has 144 valence electrons. The molecule has 1 aliphatic heterocycles. The van der Waals surface area contributed by atoms with Gasteiger partial charge in [0.2, 0.25) is 0 Å². The van der Waals surface area contributed by atoms with Crippen LogP contribution < -0.4 is 9.47 Å². The summed E-state index contributed by atoms with van der Waals surface area (Å²) < 4.78 is 10.7. The quantitative estimate of drug-likeness (QED) is 0.725. The van der Waals surface area contributed by atoms with Gasteiger partial charge in [-0.1, -0.05) is 24.3 Å². The van der Waals surface area contributed by atoms with Crippen molar-refractivity contribution in [1.29, 1.82) is 0 Å². The number of carbonyl (C=O) groups excluding carboxylic acids is 1.